The largest absolute Gasteiger partial charge is 0.416 e. The monoisotopic (exact) mass is 430 g/mol. The zero-order chi connectivity index (χ0) is 22.2. The van der Waals surface area contributed by atoms with Crippen molar-refractivity contribution < 1.29 is 18.0 Å². The second-order valence-electron chi connectivity index (χ2n) is 8.92. The zero-order valence-corrected chi connectivity index (χ0v) is 18.0. The number of carbonyl (C=O) groups excluding carboxylic acids is 1. The average Bonchev–Trinajstić information content (AvgIpc) is 3.35. The molecule has 6 heteroatoms. The minimum absolute atomic E-state index is 0.0426. The Bertz CT molecular complexity index is 898. The van der Waals surface area contributed by atoms with E-state index in [-0.39, 0.29) is 11.9 Å². The fraction of sp³-hybridized carbons (Fsp3) is 0.480. The molecular weight excluding hydrogens is 401 g/mol. The van der Waals surface area contributed by atoms with Crippen LogP contribution in [0.3, 0.4) is 0 Å². The highest BCUT2D eigenvalue weighted by Crippen LogP contribution is 2.32. The lowest BCUT2D eigenvalue weighted by molar-refractivity contribution is -0.137. The van der Waals surface area contributed by atoms with E-state index in [1.807, 2.05) is 17.0 Å². The van der Waals surface area contributed by atoms with Gasteiger partial charge in [-0.2, -0.15) is 13.2 Å². The van der Waals surface area contributed by atoms with Crippen LogP contribution >= 0.6 is 0 Å². The van der Waals surface area contributed by atoms with Gasteiger partial charge in [0, 0.05) is 36.8 Å². The molecule has 3 nitrogen and oxygen atoms in total. The molecule has 31 heavy (non-hydrogen) atoms. The van der Waals surface area contributed by atoms with Crippen molar-refractivity contribution in [2.75, 3.05) is 13.1 Å². The Hall–Kier alpha value is -2.34. The Morgan fingerprint density at radius 3 is 2.00 bits per heavy atom. The van der Waals surface area contributed by atoms with E-state index in [2.05, 4.69) is 18.7 Å². The van der Waals surface area contributed by atoms with Gasteiger partial charge in [-0.25, -0.2) is 0 Å². The van der Waals surface area contributed by atoms with Crippen LogP contribution in [0.2, 0.25) is 0 Å². The number of likely N-dealkylation sites (tertiary alicyclic amines) is 2. The molecule has 2 aromatic carbocycles. The first kappa shape index (κ1) is 21.9. The first-order chi connectivity index (χ1) is 14.7. The van der Waals surface area contributed by atoms with E-state index < -0.39 is 11.7 Å². The summed E-state index contributed by atoms with van der Waals surface area (Å²) < 4.78 is 38.3. The molecule has 0 aliphatic carbocycles. The van der Waals surface area contributed by atoms with Crippen LogP contribution in [0.1, 0.15) is 55.5 Å². The summed E-state index contributed by atoms with van der Waals surface area (Å²) in [5.74, 6) is 0.0426. The molecule has 0 N–H and O–H groups in total. The van der Waals surface area contributed by atoms with Crippen molar-refractivity contribution >= 4 is 5.91 Å². The SMILES string of the molecule is CC1CCC(C)N1CC1CCCN1C(=O)c1ccc(-c2ccc(C(F)(F)F)cc2)cc1. The van der Waals surface area contributed by atoms with Gasteiger partial charge in [0.2, 0.25) is 0 Å². The summed E-state index contributed by atoms with van der Waals surface area (Å²) in [5, 5.41) is 0. The van der Waals surface area contributed by atoms with Crippen LogP contribution in [0, 0.1) is 0 Å². The fourth-order valence-electron chi connectivity index (χ4n) is 4.97. The van der Waals surface area contributed by atoms with Gasteiger partial charge in [-0.05, 0) is 74.9 Å². The maximum Gasteiger partial charge on any atom is 0.416 e. The lowest BCUT2D eigenvalue weighted by Gasteiger charge is -2.33. The molecule has 1 amide bonds. The summed E-state index contributed by atoms with van der Waals surface area (Å²) in [6.45, 7) is 6.24. The zero-order valence-electron chi connectivity index (χ0n) is 18.0. The van der Waals surface area contributed by atoms with E-state index in [4.69, 9.17) is 0 Å². The summed E-state index contributed by atoms with van der Waals surface area (Å²) in [6, 6.07) is 13.7. The number of alkyl halides is 3. The van der Waals surface area contributed by atoms with Crippen molar-refractivity contribution in [3.05, 3.63) is 59.7 Å². The molecule has 2 aliphatic heterocycles. The number of halogens is 3. The van der Waals surface area contributed by atoms with Gasteiger partial charge in [0.05, 0.1) is 5.56 Å². The van der Waals surface area contributed by atoms with Gasteiger partial charge in [-0.15, -0.1) is 0 Å². The predicted octanol–water partition coefficient (Wildman–Crippen LogP) is 5.85. The molecule has 2 aromatic rings. The third-order valence-corrected chi connectivity index (χ3v) is 6.87. The molecule has 0 bridgehead atoms. The average molecular weight is 431 g/mol. The lowest BCUT2D eigenvalue weighted by atomic mass is 10.0. The summed E-state index contributed by atoms with van der Waals surface area (Å²) in [5.41, 5.74) is 1.46. The number of nitrogens with zero attached hydrogens (tertiary/aromatic N) is 2. The highest BCUT2D eigenvalue weighted by Gasteiger charge is 2.35. The van der Waals surface area contributed by atoms with Crippen LogP contribution in [0.15, 0.2) is 48.5 Å². The number of hydrogen-bond acceptors (Lipinski definition) is 2. The molecule has 0 spiro atoms. The van der Waals surface area contributed by atoms with Crippen LogP contribution in [-0.4, -0.2) is 46.9 Å². The van der Waals surface area contributed by atoms with Crippen LogP contribution in [0.4, 0.5) is 13.2 Å². The standard InChI is InChI=1S/C25H29F3N2O/c1-17-5-6-18(2)30(17)16-23-4-3-15-29(23)24(31)21-9-7-19(8-10-21)20-11-13-22(14-12-20)25(26,27)28/h7-14,17-18,23H,3-6,15-16H2,1-2H3. The van der Waals surface area contributed by atoms with Crippen molar-refractivity contribution in [3.8, 4) is 11.1 Å². The van der Waals surface area contributed by atoms with Gasteiger partial charge in [0.25, 0.3) is 5.91 Å². The summed E-state index contributed by atoms with van der Waals surface area (Å²) in [7, 11) is 0. The van der Waals surface area contributed by atoms with Gasteiger partial charge in [-0.1, -0.05) is 24.3 Å². The number of hydrogen-bond donors (Lipinski definition) is 0. The first-order valence-electron chi connectivity index (χ1n) is 11.1. The Labute approximate surface area is 181 Å². The Kier molecular flexibility index (Phi) is 6.11. The normalized spacial score (nSPS) is 24.7. The molecule has 2 heterocycles. The molecule has 2 saturated heterocycles. The van der Waals surface area contributed by atoms with E-state index in [0.717, 1.165) is 43.6 Å². The van der Waals surface area contributed by atoms with Crippen LogP contribution in [0.25, 0.3) is 11.1 Å². The van der Waals surface area contributed by atoms with E-state index in [9.17, 15) is 18.0 Å². The summed E-state index contributed by atoms with van der Waals surface area (Å²) in [6.07, 6.45) is 0.147. The molecule has 166 valence electrons. The second-order valence-corrected chi connectivity index (χ2v) is 8.92. The van der Waals surface area contributed by atoms with Crippen molar-refractivity contribution in [3.63, 3.8) is 0 Å². The van der Waals surface area contributed by atoms with Gasteiger partial charge in [0.15, 0.2) is 0 Å². The molecule has 0 radical (unpaired) electrons. The fourth-order valence-corrected chi connectivity index (χ4v) is 4.97. The highest BCUT2D eigenvalue weighted by molar-refractivity contribution is 5.95. The predicted molar refractivity (Wildman–Crippen MR) is 116 cm³/mol. The van der Waals surface area contributed by atoms with Crippen LogP contribution < -0.4 is 0 Å². The Morgan fingerprint density at radius 2 is 1.45 bits per heavy atom. The van der Waals surface area contributed by atoms with Gasteiger partial charge < -0.3 is 4.90 Å². The number of rotatable bonds is 4. The van der Waals surface area contributed by atoms with E-state index in [0.29, 0.717) is 23.2 Å². The van der Waals surface area contributed by atoms with E-state index >= 15 is 0 Å². The topological polar surface area (TPSA) is 23.6 Å². The number of benzene rings is 2. The molecule has 2 fully saturated rings. The summed E-state index contributed by atoms with van der Waals surface area (Å²) in [4.78, 5) is 17.7. The van der Waals surface area contributed by atoms with E-state index in [1.54, 1.807) is 12.1 Å². The van der Waals surface area contributed by atoms with E-state index in [1.165, 1.54) is 25.0 Å². The smallest absolute Gasteiger partial charge is 0.334 e. The molecular formula is C25H29F3N2O. The maximum absolute atomic E-state index is 13.2. The number of carbonyl (C=O) groups is 1. The van der Waals surface area contributed by atoms with Gasteiger partial charge in [0.1, 0.15) is 0 Å². The lowest BCUT2D eigenvalue weighted by Crippen LogP contribution is -2.46. The van der Waals surface area contributed by atoms with Crippen LogP contribution in [0.5, 0.6) is 0 Å². The first-order valence-corrected chi connectivity index (χ1v) is 11.1. The van der Waals surface area contributed by atoms with Crippen molar-refractivity contribution in [2.45, 2.75) is 63.8 Å². The second kappa shape index (κ2) is 8.65. The molecule has 0 aromatic heterocycles. The molecule has 3 atom stereocenters. The third-order valence-electron chi connectivity index (χ3n) is 6.87. The van der Waals surface area contributed by atoms with Crippen molar-refractivity contribution in [2.24, 2.45) is 0 Å². The quantitative estimate of drug-likeness (QED) is 0.608. The molecule has 2 aliphatic rings. The van der Waals surface area contributed by atoms with Crippen molar-refractivity contribution in [1.29, 1.82) is 0 Å². The maximum atomic E-state index is 13.2. The molecule has 4 rings (SSSR count). The van der Waals surface area contributed by atoms with Gasteiger partial charge in [-0.3, -0.25) is 9.69 Å². The number of amides is 1. The van der Waals surface area contributed by atoms with Crippen LogP contribution in [-0.2, 0) is 6.18 Å². The van der Waals surface area contributed by atoms with Crippen molar-refractivity contribution in [1.82, 2.24) is 9.80 Å². The highest BCUT2D eigenvalue weighted by atomic mass is 19.4. The molecule has 0 saturated carbocycles. The third kappa shape index (κ3) is 4.64. The minimum atomic E-state index is -4.34. The van der Waals surface area contributed by atoms with Gasteiger partial charge >= 0.3 is 6.18 Å². The Balaban J connectivity index is 1.45. The Morgan fingerprint density at radius 1 is 0.903 bits per heavy atom. The molecule has 3 unspecified atom stereocenters. The summed E-state index contributed by atoms with van der Waals surface area (Å²) >= 11 is 0. The minimum Gasteiger partial charge on any atom is -0.334 e.